The second-order valence-electron chi connectivity index (χ2n) is 8.69. The van der Waals surface area contributed by atoms with Gasteiger partial charge in [0.05, 0.1) is 0 Å². The summed E-state index contributed by atoms with van der Waals surface area (Å²) in [5.41, 5.74) is 7.24. The van der Waals surface area contributed by atoms with Crippen molar-refractivity contribution >= 4 is 0 Å². The van der Waals surface area contributed by atoms with Crippen LogP contribution in [0.15, 0.2) is 42.9 Å². The predicted molar refractivity (Wildman–Crippen MR) is 123 cm³/mol. The fourth-order valence-electron chi connectivity index (χ4n) is 4.26. The summed E-state index contributed by atoms with van der Waals surface area (Å²) in [6.45, 7) is 12.9. The normalized spacial score (nSPS) is 17.8. The van der Waals surface area contributed by atoms with Crippen LogP contribution in [0.1, 0.15) is 76.8 Å². The van der Waals surface area contributed by atoms with Gasteiger partial charge in [-0.15, -0.1) is 0 Å². The minimum Gasteiger partial charge on any atom is -0.476 e. The van der Waals surface area contributed by atoms with Crippen molar-refractivity contribution in [2.45, 2.75) is 83.4 Å². The van der Waals surface area contributed by atoms with E-state index in [1.165, 1.54) is 31.7 Å². The molecular weight excluding hydrogens is 396 g/mol. The maximum absolute atomic E-state index is 13.6. The average Bonchev–Trinajstić information content (AvgIpc) is 2.98. The lowest BCUT2D eigenvalue weighted by Gasteiger charge is -2.31. The van der Waals surface area contributed by atoms with Gasteiger partial charge in [-0.25, -0.2) is 8.78 Å². The summed E-state index contributed by atoms with van der Waals surface area (Å²) in [6, 6.07) is 3.78. The molecule has 1 aliphatic carbocycles. The van der Waals surface area contributed by atoms with Crippen LogP contribution in [0.5, 0.6) is 0 Å². The van der Waals surface area contributed by atoms with Gasteiger partial charge in [-0.2, -0.15) is 0 Å². The number of hydrogen-bond acceptors (Lipinski definition) is 4. The largest absolute Gasteiger partial charge is 0.476 e. The second kappa shape index (κ2) is 12.7. The number of nitrogens with two attached hydrogens (primary N) is 1. The molecule has 1 aromatic carbocycles. The first-order chi connectivity index (χ1) is 14.8. The summed E-state index contributed by atoms with van der Waals surface area (Å²) in [6.07, 6.45) is 9.04. The van der Waals surface area contributed by atoms with Crippen LogP contribution in [0.4, 0.5) is 8.78 Å². The molecule has 2 rings (SSSR count). The summed E-state index contributed by atoms with van der Waals surface area (Å²) in [5.74, 6) is -1.02. The van der Waals surface area contributed by atoms with Gasteiger partial charge in [-0.05, 0) is 83.2 Å². The SMILES string of the molecule is C=C(NC(C)C(CCCN)C(=C)NC(C)c1ccc(F)c(F)c1)OC1CCCCCC1. The van der Waals surface area contributed by atoms with Gasteiger partial charge in [-0.3, -0.25) is 0 Å². The van der Waals surface area contributed by atoms with Crippen LogP contribution in [-0.4, -0.2) is 18.7 Å². The van der Waals surface area contributed by atoms with Crippen molar-refractivity contribution in [1.82, 2.24) is 10.6 Å². The monoisotopic (exact) mass is 435 g/mol. The van der Waals surface area contributed by atoms with E-state index >= 15 is 0 Å². The van der Waals surface area contributed by atoms with Crippen molar-refractivity contribution in [3.8, 4) is 0 Å². The summed E-state index contributed by atoms with van der Waals surface area (Å²) in [5, 5.41) is 6.76. The van der Waals surface area contributed by atoms with Crippen molar-refractivity contribution in [3.05, 3.63) is 60.1 Å². The molecule has 1 aliphatic rings. The highest BCUT2D eigenvalue weighted by Gasteiger charge is 2.23. The van der Waals surface area contributed by atoms with E-state index in [-0.39, 0.29) is 24.1 Å². The van der Waals surface area contributed by atoms with E-state index in [9.17, 15) is 8.78 Å². The van der Waals surface area contributed by atoms with Gasteiger partial charge >= 0.3 is 0 Å². The maximum atomic E-state index is 13.6. The van der Waals surface area contributed by atoms with E-state index in [4.69, 9.17) is 10.5 Å². The van der Waals surface area contributed by atoms with Gasteiger partial charge in [0, 0.05) is 23.7 Å². The molecule has 4 nitrogen and oxygen atoms in total. The lowest BCUT2D eigenvalue weighted by Crippen LogP contribution is -2.38. The molecule has 0 aliphatic heterocycles. The first kappa shape index (κ1) is 25.2. The highest BCUT2D eigenvalue weighted by molar-refractivity contribution is 5.22. The fraction of sp³-hybridized carbons (Fsp3) is 0.600. The Balaban J connectivity index is 1.96. The Hall–Kier alpha value is -2.08. The molecule has 6 heteroatoms. The summed E-state index contributed by atoms with van der Waals surface area (Å²) in [7, 11) is 0. The third-order valence-corrected chi connectivity index (χ3v) is 6.12. The van der Waals surface area contributed by atoms with E-state index in [0.29, 0.717) is 18.0 Å². The van der Waals surface area contributed by atoms with Crippen LogP contribution in [0, 0.1) is 17.6 Å². The smallest absolute Gasteiger partial charge is 0.179 e. The van der Waals surface area contributed by atoms with Crippen molar-refractivity contribution in [2.75, 3.05) is 6.54 Å². The number of ether oxygens (including phenoxy) is 1. The first-order valence-electron chi connectivity index (χ1n) is 11.5. The third kappa shape index (κ3) is 8.17. The molecule has 0 aromatic heterocycles. The van der Waals surface area contributed by atoms with Gasteiger partial charge in [0.15, 0.2) is 17.5 Å². The Kier molecular flexibility index (Phi) is 10.3. The van der Waals surface area contributed by atoms with E-state index in [1.54, 1.807) is 6.07 Å². The Bertz CT molecular complexity index is 717. The highest BCUT2D eigenvalue weighted by Crippen LogP contribution is 2.25. The van der Waals surface area contributed by atoms with Crippen LogP contribution in [-0.2, 0) is 4.74 Å². The van der Waals surface area contributed by atoms with Crippen molar-refractivity contribution in [2.24, 2.45) is 11.7 Å². The number of nitrogens with one attached hydrogen (secondary N) is 2. The molecule has 1 saturated carbocycles. The number of hydrogen-bond donors (Lipinski definition) is 3. The molecule has 1 aromatic rings. The van der Waals surface area contributed by atoms with Crippen molar-refractivity contribution in [3.63, 3.8) is 0 Å². The van der Waals surface area contributed by atoms with Gasteiger partial charge in [0.1, 0.15) is 6.10 Å². The fourth-order valence-corrected chi connectivity index (χ4v) is 4.26. The molecule has 174 valence electrons. The van der Waals surface area contributed by atoms with Gasteiger partial charge in [0.25, 0.3) is 0 Å². The van der Waals surface area contributed by atoms with E-state index < -0.39 is 11.6 Å². The summed E-state index contributed by atoms with van der Waals surface area (Å²) < 4.78 is 33.0. The predicted octanol–water partition coefficient (Wildman–Crippen LogP) is 5.67. The van der Waals surface area contributed by atoms with Crippen LogP contribution in [0.2, 0.25) is 0 Å². The quantitative estimate of drug-likeness (QED) is 0.292. The zero-order valence-electron chi connectivity index (χ0n) is 19.1. The second-order valence-corrected chi connectivity index (χ2v) is 8.69. The lowest BCUT2D eigenvalue weighted by molar-refractivity contribution is 0.0839. The van der Waals surface area contributed by atoms with Crippen LogP contribution in [0.3, 0.4) is 0 Å². The molecule has 0 spiro atoms. The van der Waals surface area contributed by atoms with E-state index in [2.05, 4.69) is 30.7 Å². The zero-order chi connectivity index (χ0) is 22.8. The van der Waals surface area contributed by atoms with Crippen LogP contribution >= 0.6 is 0 Å². The topological polar surface area (TPSA) is 59.3 Å². The number of benzene rings is 1. The molecule has 31 heavy (non-hydrogen) atoms. The van der Waals surface area contributed by atoms with E-state index in [1.807, 2.05) is 6.92 Å². The van der Waals surface area contributed by atoms with Crippen molar-refractivity contribution < 1.29 is 13.5 Å². The molecule has 0 saturated heterocycles. The van der Waals surface area contributed by atoms with Crippen LogP contribution < -0.4 is 16.4 Å². The van der Waals surface area contributed by atoms with Crippen LogP contribution in [0.25, 0.3) is 0 Å². The molecule has 0 heterocycles. The Morgan fingerprint density at radius 3 is 2.39 bits per heavy atom. The minimum atomic E-state index is -0.849. The molecule has 0 amide bonds. The maximum Gasteiger partial charge on any atom is 0.179 e. The first-order valence-corrected chi connectivity index (χ1v) is 11.5. The van der Waals surface area contributed by atoms with Gasteiger partial charge in [-0.1, -0.05) is 25.5 Å². The summed E-state index contributed by atoms with van der Waals surface area (Å²) >= 11 is 0. The van der Waals surface area contributed by atoms with E-state index in [0.717, 1.165) is 37.4 Å². The lowest BCUT2D eigenvalue weighted by atomic mass is 9.91. The molecular formula is C25H39F2N3O. The average molecular weight is 436 g/mol. The van der Waals surface area contributed by atoms with Gasteiger partial charge in [0.2, 0.25) is 0 Å². The molecule has 4 N–H and O–H groups in total. The van der Waals surface area contributed by atoms with Gasteiger partial charge < -0.3 is 21.1 Å². The third-order valence-electron chi connectivity index (χ3n) is 6.12. The molecule has 0 bridgehead atoms. The number of halogens is 2. The highest BCUT2D eigenvalue weighted by atomic mass is 19.2. The number of rotatable bonds is 12. The Labute approximate surface area is 186 Å². The minimum absolute atomic E-state index is 0.0296. The standard InChI is InChI=1S/C25H39F2N3O/c1-17(21-13-14-24(26)25(27)16-21)29-18(2)23(12-9-15-28)19(3)30-20(4)31-22-10-7-5-6-8-11-22/h13-14,16-17,19,22-23,29-30H,2,4-12,15,28H2,1,3H3. The Morgan fingerprint density at radius 2 is 1.77 bits per heavy atom. The molecule has 3 unspecified atom stereocenters. The summed E-state index contributed by atoms with van der Waals surface area (Å²) in [4.78, 5) is 0. The molecule has 1 fully saturated rings. The Morgan fingerprint density at radius 1 is 1.10 bits per heavy atom. The molecule has 3 atom stereocenters. The van der Waals surface area contributed by atoms with Crippen molar-refractivity contribution in [1.29, 1.82) is 0 Å². The zero-order valence-corrected chi connectivity index (χ0v) is 19.1. The molecule has 0 radical (unpaired) electrons.